The number of nitro benzene ring substituents is 1. The molecule has 0 bridgehead atoms. The van der Waals surface area contributed by atoms with Crippen LogP contribution >= 0.6 is 15.9 Å². The molecule has 25 heavy (non-hydrogen) atoms. The number of hydrogen-bond acceptors (Lipinski definition) is 3. The van der Waals surface area contributed by atoms with Gasteiger partial charge in [-0.15, -0.1) is 0 Å². The van der Waals surface area contributed by atoms with Crippen LogP contribution in [0.3, 0.4) is 0 Å². The fraction of sp³-hybridized carbons (Fsp3) is 0.100. The highest BCUT2D eigenvalue weighted by Gasteiger charge is 2.09. The Morgan fingerprint density at radius 2 is 1.60 bits per heavy atom. The molecule has 0 heterocycles. The third kappa shape index (κ3) is 4.25. The van der Waals surface area contributed by atoms with E-state index in [2.05, 4.69) is 40.2 Å². The van der Waals surface area contributed by atoms with Gasteiger partial charge in [-0.1, -0.05) is 58.4 Å². The standard InChI is InChI=1S/C20H16BrNO3/c21-14-13-15-5-7-16(8-6-15)19-3-1-2-4-20(19)25-18-11-9-17(10-12-18)22(23)24/h1-12H,13-14H2. The summed E-state index contributed by atoms with van der Waals surface area (Å²) in [4.78, 5) is 10.3. The maximum Gasteiger partial charge on any atom is 0.269 e. The molecule has 0 aliphatic carbocycles. The van der Waals surface area contributed by atoms with Crippen molar-refractivity contribution in [3.05, 3.63) is 88.5 Å². The van der Waals surface area contributed by atoms with Crippen molar-refractivity contribution in [1.29, 1.82) is 0 Å². The molecule has 0 atom stereocenters. The van der Waals surface area contributed by atoms with Crippen molar-refractivity contribution in [3.8, 4) is 22.6 Å². The number of halogens is 1. The maximum absolute atomic E-state index is 10.7. The zero-order chi connectivity index (χ0) is 17.6. The monoisotopic (exact) mass is 397 g/mol. The van der Waals surface area contributed by atoms with Crippen LogP contribution < -0.4 is 4.74 Å². The number of non-ortho nitro benzene ring substituents is 1. The highest BCUT2D eigenvalue weighted by atomic mass is 79.9. The summed E-state index contributed by atoms with van der Waals surface area (Å²) in [5, 5.41) is 11.7. The van der Waals surface area contributed by atoms with Gasteiger partial charge in [0.2, 0.25) is 0 Å². The largest absolute Gasteiger partial charge is 0.457 e. The maximum atomic E-state index is 10.7. The zero-order valence-corrected chi connectivity index (χ0v) is 15.0. The van der Waals surface area contributed by atoms with E-state index < -0.39 is 4.92 Å². The van der Waals surface area contributed by atoms with Gasteiger partial charge in [0.15, 0.2) is 0 Å². The van der Waals surface area contributed by atoms with E-state index in [0.717, 1.165) is 22.9 Å². The van der Waals surface area contributed by atoms with Gasteiger partial charge >= 0.3 is 0 Å². The lowest BCUT2D eigenvalue weighted by Crippen LogP contribution is -1.91. The van der Waals surface area contributed by atoms with Crippen molar-refractivity contribution in [2.75, 3.05) is 5.33 Å². The molecule has 4 nitrogen and oxygen atoms in total. The Morgan fingerprint density at radius 3 is 2.24 bits per heavy atom. The first-order valence-electron chi connectivity index (χ1n) is 7.84. The normalized spacial score (nSPS) is 10.4. The van der Waals surface area contributed by atoms with Gasteiger partial charge in [0.25, 0.3) is 5.69 Å². The van der Waals surface area contributed by atoms with Gasteiger partial charge in [-0.2, -0.15) is 0 Å². The van der Waals surface area contributed by atoms with E-state index in [4.69, 9.17) is 4.74 Å². The summed E-state index contributed by atoms with van der Waals surface area (Å²) < 4.78 is 5.95. The lowest BCUT2D eigenvalue weighted by molar-refractivity contribution is -0.384. The summed E-state index contributed by atoms with van der Waals surface area (Å²) >= 11 is 3.45. The van der Waals surface area contributed by atoms with E-state index in [1.54, 1.807) is 12.1 Å². The first-order valence-corrected chi connectivity index (χ1v) is 8.96. The summed E-state index contributed by atoms with van der Waals surface area (Å²) in [6.07, 6.45) is 0.987. The molecule has 3 rings (SSSR count). The highest BCUT2D eigenvalue weighted by molar-refractivity contribution is 9.09. The van der Waals surface area contributed by atoms with E-state index >= 15 is 0 Å². The molecular formula is C20H16BrNO3. The Hall–Kier alpha value is -2.66. The molecule has 3 aromatic rings. The molecule has 0 radical (unpaired) electrons. The average molecular weight is 398 g/mol. The minimum Gasteiger partial charge on any atom is -0.457 e. The topological polar surface area (TPSA) is 52.4 Å². The molecule has 0 aliphatic heterocycles. The lowest BCUT2D eigenvalue weighted by atomic mass is 10.0. The van der Waals surface area contributed by atoms with Crippen LogP contribution in [-0.4, -0.2) is 10.3 Å². The predicted molar refractivity (Wildman–Crippen MR) is 103 cm³/mol. The average Bonchev–Trinajstić information content (AvgIpc) is 2.64. The van der Waals surface area contributed by atoms with Crippen LogP contribution in [0.4, 0.5) is 5.69 Å². The number of alkyl halides is 1. The quantitative estimate of drug-likeness (QED) is 0.291. The fourth-order valence-corrected chi connectivity index (χ4v) is 2.97. The molecule has 3 aromatic carbocycles. The molecule has 0 saturated carbocycles. The van der Waals surface area contributed by atoms with Crippen LogP contribution in [0.1, 0.15) is 5.56 Å². The van der Waals surface area contributed by atoms with Gasteiger partial charge in [0.05, 0.1) is 4.92 Å². The molecular weight excluding hydrogens is 382 g/mol. The van der Waals surface area contributed by atoms with Crippen LogP contribution in [0.25, 0.3) is 11.1 Å². The smallest absolute Gasteiger partial charge is 0.269 e. The Balaban J connectivity index is 1.86. The predicted octanol–water partition coefficient (Wildman–Crippen LogP) is 5.99. The third-order valence-corrected chi connectivity index (χ3v) is 4.21. The Labute approximate surface area is 154 Å². The molecule has 0 fully saturated rings. The first kappa shape index (κ1) is 17.2. The van der Waals surface area contributed by atoms with Crippen LogP contribution in [0.2, 0.25) is 0 Å². The van der Waals surface area contributed by atoms with Gasteiger partial charge in [-0.05, 0) is 35.7 Å². The molecule has 0 saturated heterocycles. The molecule has 0 amide bonds. The number of rotatable bonds is 6. The third-order valence-electron chi connectivity index (χ3n) is 3.81. The van der Waals surface area contributed by atoms with Gasteiger partial charge in [0.1, 0.15) is 11.5 Å². The molecule has 5 heteroatoms. The Morgan fingerprint density at radius 1 is 0.920 bits per heavy atom. The second kappa shape index (κ2) is 7.94. The van der Waals surface area contributed by atoms with E-state index in [1.165, 1.54) is 17.7 Å². The SMILES string of the molecule is O=[N+]([O-])c1ccc(Oc2ccccc2-c2ccc(CCBr)cc2)cc1. The fourth-order valence-electron chi connectivity index (χ4n) is 2.52. The van der Waals surface area contributed by atoms with E-state index in [1.807, 2.05) is 24.3 Å². The van der Waals surface area contributed by atoms with Gasteiger partial charge < -0.3 is 4.74 Å². The first-order chi connectivity index (χ1) is 12.2. The van der Waals surface area contributed by atoms with Crippen molar-refractivity contribution in [2.24, 2.45) is 0 Å². The van der Waals surface area contributed by atoms with Gasteiger partial charge in [0, 0.05) is 23.0 Å². The van der Waals surface area contributed by atoms with E-state index in [0.29, 0.717) is 11.5 Å². The Kier molecular flexibility index (Phi) is 5.46. The van der Waals surface area contributed by atoms with Crippen molar-refractivity contribution < 1.29 is 9.66 Å². The number of benzene rings is 3. The van der Waals surface area contributed by atoms with Crippen LogP contribution in [0.5, 0.6) is 11.5 Å². The number of nitro groups is 1. The highest BCUT2D eigenvalue weighted by Crippen LogP contribution is 2.33. The molecule has 0 spiro atoms. The van der Waals surface area contributed by atoms with E-state index in [9.17, 15) is 10.1 Å². The minimum atomic E-state index is -0.424. The summed E-state index contributed by atoms with van der Waals surface area (Å²) in [7, 11) is 0. The van der Waals surface area contributed by atoms with Gasteiger partial charge in [-0.25, -0.2) is 0 Å². The second-order valence-corrected chi connectivity index (χ2v) is 6.28. The Bertz CT molecular complexity index is 861. The zero-order valence-electron chi connectivity index (χ0n) is 13.4. The molecule has 0 aromatic heterocycles. The molecule has 126 valence electrons. The molecule has 0 aliphatic rings. The van der Waals surface area contributed by atoms with Crippen molar-refractivity contribution in [1.82, 2.24) is 0 Å². The minimum absolute atomic E-state index is 0.0445. The second-order valence-electron chi connectivity index (χ2n) is 5.49. The number of nitrogens with zero attached hydrogens (tertiary/aromatic N) is 1. The van der Waals surface area contributed by atoms with Crippen LogP contribution in [0, 0.1) is 10.1 Å². The van der Waals surface area contributed by atoms with Crippen molar-refractivity contribution in [3.63, 3.8) is 0 Å². The number of para-hydroxylation sites is 1. The lowest BCUT2D eigenvalue weighted by Gasteiger charge is -2.12. The number of hydrogen-bond donors (Lipinski definition) is 0. The van der Waals surface area contributed by atoms with Crippen molar-refractivity contribution >= 4 is 21.6 Å². The van der Waals surface area contributed by atoms with Gasteiger partial charge in [-0.3, -0.25) is 10.1 Å². The number of aryl methyl sites for hydroxylation is 1. The van der Waals surface area contributed by atoms with Crippen molar-refractivity contribution in [2.45, 2.75) is 6.42 Å². The van der Waals surface area contributed by atoms with E-state index in [-0.39, 0.29) is 5.69 Å². The summed E-state index contributed by atoms with van der Waals surface area (Å²) in [6, 6.07) is 22.2. The molecule has 0 N–H and O–H groups in total. The summed E-state index contributed by atoms with van der Waals surface area (Å²) in [5.74, 6) is 1.28. The summed E-state index contributed by atoms with van der Waals surface area (Å²) in [6.45, 7) is 0. The summed E-state index contributed by atoms with van der Waals surface area (Å²) in [5.41, 5.74) is 3.36. The molecule has 0 unspecified atom stereocenters. The van der Waals surface area contributed by atoms with Crippen LogP contribution in [0.15, 0.2) is 72.8 Å². The number of ether oxygens (including phenoxy) is 1. The van der Waals surface area contributed by atoms with Crippen LogP contribution in [-0.2, 0) is 6.42 Å².